The van der Waals surface area contributed by atoms with Gasteiger partial charge in [-0.05, 0) is 29.8 Å². The summed E-state index contributed by atoms with van der Waals surface area (Å²) in [5, 5.41) is 0.714. The minimum absolute atomic E-state index is 0.523. The number of rotatable bonds is 3. The summed E-state index contributed by atoms with van der Waals surface area (Å²) in [7, 11) is 0. The summed E-state index contributed by atoms with van der Waals surface area (Å²) < 4.78 is 2.03. The van der Waals surface area contributed by atoms with E-state index >= 15 is 0 Å². The van der Waals surface area contributed by atoms with Gasteiger partial charge in [-0.2, -0.15) is 0 Å². The Kier molecular flexibility index (Phi) is 3.54. The quantitative estimate of drug-likeness (QED) is 0.797. The molecule has 0 amide bonds. The molecule has 3 aromatic rings. The second-order valence-corrected chi connectivity index (χ2v) is 4.97. The van der Waals surface area contributed by atoms with Crippen molar-refractivity contribution in [2.24, 2.45) is 5.73 Å². The molecule has 1 aromatic heterocycles. The molecule has 0 atom stereocenters. The molecule has 2 aromatic carbocycles. The van der Waals surface area contributed by atoms with E-state index in [9.17, 15) is 0 Å². The topological polar surface area (TPSA) is 43.8 Å². The van der Waals surface area contributed by atoms with Crippen LogP contribution < -0.4 is 5.73 Å². The van der Waals surface area contributed by atoms with E-state index in [1.165, 1.54) is 0 Å². The SMILES string of the molecule is NCc1cccc(-n2cncc2-c2cccc(Cl)c2)c1. The molecule has 100 valence electrons. The van der Waals surface area contributed by atoms with Gasteiger partial charge < -0.3 is 5.73 Å². The zero-order valence-corrected chi connectivity index (χ0v) is 11.6. The second-order valence-electron chi connectivity index (χ2n) is 4.53. The molecule has 0 aliphatic carbocycles. The molecule has 0 spiro atoms. The van der Waals surface area contributed by atoms with Crippen molar-refractivity contribution in [1.82, 2.24) is 9.55 Å². The fourth-order valence-electron chi connectivity index (χ4n) is 2.20. The van der Waals surface area contributed by atoms with Crippen LogP contribution in [-0.2, 0) is 6.54 Å². The van der Waals surface area contributed by atoms with Crippen molar-refractivity contribution < 1.29 is 0 Å². The maximum Gasteiger partial charge on any atom is 0.0997 e. The Labute approximate surface area is 122 Å². The number of hydrogen-bond donors (Lipinski definition) is 1. The number of hydrogen-bond acceptors (Lipinski definition) is 2. The summed E-state index contributed by atoms with van der Waals surface area (Å²) in [5.74, 6) is 0. The van der Waals surface area contributed by atoms with Crippen molar-refractivity contribution in [2.45, 2.75) is 6.54 Å². The summed E-state index contributed by atoms with van der Waals surface area (Å²) in [6.07, 6.45) is 3.63. The van der Waals surface area contributed by atoms with Crippen LogP contribution in [0.15, 0.2) is 61.1 Å². The molecule has 0 aliphatic heterocycles. The van der Waals surface area contributed by atoms with E-state index < -0.39 is 0 Å². The van der Waals surface area contributed by atoms with Crippen molar-refractivity contribution >= 4 is 11.6 Å². The molecule has 0 radical (unpaired) electrons. The Balaban J connectivity index is 2.10. The molecule has 4 heteroatoms. The molecule has 0 aliphatic rings. The third-order valence-electron chi connectivity index (χ3n) is 3.18. The summed E-state index contributed by atoms with van der Waals surface area (Å²) in [5.41, 5.74) is 9.87. The molecule has 0 saturated heterocycles. The lowest BCUT2D eigenvalue weighted by atomic mass is 10.1. The number of imidazole rings is 1. The van der Waals surface area contributed by atoms with E-state index in [2.05, 4.69) is 11.1 Å². The van der Waals surface area contributed by atoms with Crippen LogP contribution in [0.2, 0.25) is 5.02 Å². The maximum absolute atomic E-state index is 6.06. The summed E-state index contributed by atoms with van der Waals surface area (Å²) in [4.78, 5) is 4.25. The van der Waals surface area contributed by atoms with E-state index in [1.54, 1.807) is 6.33 Å². The number of nitrogens with two attached hydrogens (primary N) is 1. The third-order valence-corrected chi connectivity index (χ3v) is 3.42. The summed E-state index contributed by atoms with van der Waals surface area (Å²) in [6, 6.07) is 15.9. The Bertz CT molecular complexity index is 734. The minimum atomic E-state index is 0.523. The lowest BCUT2D eigenvalue weighted by Crippen LogP contribution is -2.00. The molecule has 3 nitrogen and oxygen atoms in total. The predicted octanol–water partition coefficient (Wildman–Crippen LogP) is 3.65. The van der Waals surface area contributed by atoms with Crippen molar-refractivity contribution in [2.75, 3.05) is 0 Å². The molecular weight excluding hydrogens is 270 g/mol. The minimum Gasteiger partial charge on any atom is -0.326 e. The Hall–Kier alpha value is -2.10. The monoisotopic (exact) mass is 283 g/mol. The smallest absolute Gasteiger partial charge is 0.0997 e. The predicted molar refractivity (Wildman–Crippen MR) is 81.9 cm³/mol. The van der Waals surface area contributed by atoms with E-state index in [0.717, 1.165) is 22.5 Å². The molecular formula is C16H14ClN3. The third kappa shape index (κ3) is 2.46. The fraction of sp³-hybridized carbons (Fsp3) is 0.0625. The van der Waals surface area contributed by atoms with Gasteiger partial charge in [0, 0.05) is 22.8 Å². The zero-order valence-electron chi connectivity index (χ0n) is 10.8. The first kappa shape index (κ1) is 12.9. The average molecular weight is 284 g/mol. The largest absolute Gasteiger partial charge is 0.326 e. The number of benzene rings is 2. The van der Waals surface area contributed by atoms with Gasteiger partial charge in [0.05, 0.1) is 18.2 Å². The van der Waals surface area contributed by atoms with Gasteiger partial charge in [-0.15, -0.1) is 0 Å². The normalized spacial score (nSPS) is 10.7. The van der Waals surface area contributed by atoms with Gasteiger partial charge in [0.1, 0.15) is 0 Å². The van der Waals surface area contributed by atoms with Gasteiger partial charge in [-0.1, -0.05) is 35.9 Å². The average Bonchev–Trinajstić information content (AvgIpc) is 2.97. The van der Waals surface area contributed by atoms with Crippen LogP contribution in [0.1, 0.15) is 5.56 Å². The molecule has 0 unspecified atom stereocenters. The number of nitrogens with zero attached hydrogens (tertiary/aromatic N) is 2. The van der Waals surface area contributed by atoms with Crippen molar-refractivity contribution in [3.8, 4) is 16.9 Å². The first-order valence-corrected chi connectivity index (χ1v) is 6.73. The second kappa shape index (κ2) is 5.49. The van der Waals surface area contributed by atoms with Gasteiger partial charge >= 0.3 is 0 Å². The van der Waals surface area contributed by atoms with Crippen LogP contribution in [0, 0.1) is 0 Å². The Morgan fingerprint density at radius 3 is 2.75 bits per heavy atom. The highest BCUT2D eigenvalue weighted by Gasteiger charge is 2.07. The highest BCUT2D eigenvalue weighted by atomic mass is 35.5. The van der Waals surface area contributed by atoms with Crippen LogP contribution in [0.25, 0.3) is 16.9 Å². The zero-order chi connectivity index (χ0) is 13.9. The van der Waals surface area contributed by atoms with Gasteiger partial charge in [-0.3, -0.25) is 4.57 Å². The van der Waals surface area contributed by atoms with Crippen LogP contribution in [0.3, 0.4) is 0 Å². The molecule has 2 N–H and O–H groups in total. The molecule has 20 heavy (non-hydrogen) atoms. The molecule has 3 rings (SSSR count). The van der Waals surface area contributed by atoms with Gasteiger partial charge in [0.15, 0.2) is 0 Å². The van der Waals surface area contributed by atoms with E-state index in [0.29, 0.717) is 11.6 Å². The standard InChI is InChI=1S/C16H14ClN3/c17-14-5-2-4-13(8-14)16-10-19-11-20(16)15-6-1-3-12(7-15)9-18/h1-8,10-11H,9,18H2. The maximum atomic E-state index is 6.06. The van der Waals surface area contributed by atoms with Gasteiger partial charge in [0.25, 0.3) is 0 Å². The first-order valence-electron chi connectivity index (χ1n) is 6.35. The number of halogens is 1. The van der Waals surface area contributed by atoms with E-state index in [4.69, 9.17) is 17.3 Å². The van der Waals surface area contributed by atoms with Gasteiger partial charge in [-0.25, -0.2) is 4.98 Å². The van der Waals surface area contributed by atoms with Crippen LogP contribution in [-0.4, -0.2) is 9.55 Å². The lowest BCUT2D eigenvalue weighted by molar-refractivity contribution is 1.03. The van der Waals surface area contributed by atoms with E-state index in [-0.39, 0.29) is 0 Å². The number of aromatic nitrogens is 2. The summed E-state index contributed by atoms with van der Waals surface area (Å²) >= 11 is 6.06. The fourth-order valence-corrected chi connectivity index (χ4v) is 2.39. The molecule has 0 fully saturated rings. The summed E-state index contributed by atoms with van der Waals surface area (Å²) in [6.45, 7) is 0.523. The van der Waals surface area contributed by atoms with Crippen molar-refractivity contribution in [3.63, 3.8) is 0 Å². The van der Waals surface area contributed by atoms with Crippen molar-refractivity contribution in [1.29, 1.82) is 0 Å². The van der Waals surface area contributed by atoms with Crippen LogP contribution >= 0.6 is 11.6 Å². The first-order chi connectivity index (χ1) is 9.78. The lowest BCUT2D eigenvalue weighted by Gasteiger charge is -2.10. The van der Waals surface area contributed by atoms with Gasteiger partial charge in [0.2, 0.25) is 0 Å². The highest BCUT2D eigenvalue weighted by molar-refractivity contribution is 6.30. The van der Waals surface area contributed by atoms with Crippen LogP contribution in [0.5, 0.6) is 0 Å². The molecule has 1 heterocycles. The highest BCUT2D eigenvalue weighted by Crippen LogP contribution is 2.25. The Morgan fingerprint density at radius 1 is 1.10 bits per heavy atom. The molecule has 0 saturated carbocycles. The Morgan fingerprint density at radius 2 is 1.95 bits per heavy atom. The van der Waals surface area contributed by atoms with Crippen molar-refractivity contribution in [3.05, 3.63) is 71.6 Å². The van der Waals surface area contributed by atoms with Crippen LogP contribution in [0.4, 0.5) is 0 Å². The molecule has 0 bridgehead atoms. The van der Waals surface area contributed by atoms with E-state index in [1.807, 2.05) is 53.2 Å².